The molecule has 0 aromatic heterocycles. The molecule has 3 atom stereocenters. The molecule has 15 heavy (non-hydrogen) atoms. The molecule has 0 radical (unpaired) electrons. The van der Waals surface area contributed by atoms with Crippen molar-refractivity contribution in [3.8, 4) is 6.07 Å². The van der Waals surface area contributed by atoms with Gasteiger partial charge in [0.2, 0.25) is 5.91 Å². The molecule has 1 aliphatic heterocycles. The predicted molar refractivity (Wildman–Crippen MR) is 55.9 cm³/mol. The predicted octanol–water partition coefficient (Wildman–Crippen LogP) is 0.547. The van der Waals surface area contributed by atoms with Gasteiger partial charge >= 0.3 is 0 Å². The van der Waals surface area contributed by atoms with E-state index in [0.29, 0.717) is 12.5 Å². The highest BCUT2D eigenvalue weighted by Crippen LogP contribution is 2.24. The Labute approximate surface area is 90.0 Å². The van der Waals surface area contributed by atoms with E-state index >= 15 is 0 Å². The maximum atomic E-state index is 11.0. The van der Waals surface area contributed by atoms with E-state index in [9.17, 15) is 4.79 Å². The third-order valence-electron chi connectivity index (χ3n) is 3.39. The number of nitrogens with one attached hydrogen (secondary N) is 2. The minimum absolute atomic E-state index is 0.157. The molecule has 1 amide bonds. The first-order chi connectivity index (χ1) is 7.29. The minimum atomic E-state index is 0.157. The van der Waals surface area contributed by atoms with Crippen LogP contribution in [0.1, 0.15) is 32.1 Å². The maximum Gasteiger partial charge on any atom is 0.220 e. The van der Waals surface area contributed by atoms with Crippen LogP contribution in [0.3, 0.4) is 0 Å². The molecule has 2 fully saturated rings. The molecule has 4 nitrogen and oxygen atoms in total. The molecular weight excluding hydrogens is 190 g/mol. The summed E-state index contributed by atoms with van der Waals surface area (Å²) in [5, 5.41) is 15.2. The smallest absolute Gasteiger partial charge is 0.220 e. The van der Waals surface area contributed by atoms with Gasteiger partial charge in [0.05, 0.1) is 12.0 Å². The van der Waals surface area contributed by atoms with Gasteiger partial charge in [-0.1, -0.05) is 6.42 Å². The molecule has 1 saturated heterocycles. The van der Waals surface area contributed by atoms with Gasteiger partial charge in [0.25, 0.3) is 0 Å². The fraction of sp³-hybridized carbons (Fsp3) is 0.818. The van der Waals surface area contributed by atoms with Crippen molar-refractivity contribution in [3.05, 3.63) is 0 Å². The summed E-state index contributed by atoms with van der Waals surface area (Å²) in [5.41, 5.74) is 0. The van der Waals surface area contributed by atoms with Crippen molar-refractivity contribution < 1.29 is 4.79 Å². The summed E-state index contributed by atoms with van der Waals surface area (Å²) >= 11 is 0. The van der Waals surface area contributed by atoms with Crippen LogP contribution in [0.2, 0.25) is 0 Å². The second-order valence-electron chi connectivity index (χ2n) is 4.48. The molecule has 2 aliphatic rings. The summed E-state index contributed by atoms with van der Waals surface area (Å²) in [7, 11) is 0. The number of hydrogen-bond acceptors (Lipinski definition) is 3. The number of carbonyl (C=O) groups excluding carboxylic acids is 1. The van der Waals surface area contributed by atoms with E-state index in [2.05, 4.69) is 16.7 Å². The van der Waals surface area contributed by atoms with E-state index in [0.717, 1.165) is 32.2 Å². The topological polar surface area (TPSA) is 64.9 Å². The highest BCUT2D eigenvalue weighted by molar-refractivity contribution is 5.78. The quantitative estimate of drug-likeness (QED) is 0.710. The maximum absolute atomic E-state index is 11.0. The van der Waals surface area contributed by atoms with Gasteiger partial charge < -0.3 is 10.6 Å². The van der Waals surface area contributed by atoms with E-state index in [1.54, 1.807) is 0 Å². The van der Waals surface area contributed by atoms with E-state index < -0.39 is 0 Å². The number of carbonyl (C=O) groups is 1. The Kier molecular flexibility index (Phi) is 3.22. The van der Waals surface area contributed by atoms with Gasteiger partial charge in [0.1, 0.15) is 0 Å². The van der Waals surface area contributed by atoms with Crippen molar-refractivity contribution in [2.45, 2.75) is 44.2 Å². The SMILES string of the molecule is N#CC1CCCC1NCC1CCC(=O)N1. The highest BCUT2D eigenvalue weighted by atomic mass is 16.1. The molecule has 2 N–H and O–H groups in total. The lowest BCUT2D eigenvalue weighted by molar-refractivity contribution is -0.119. The van der Waals surface area contributed by atoms with Gasteiger partial charge in [-0.15, -0.1) is 0 Å². The summed E-state index contributed by atoms with van der Waals surface area (Å²) in [6.07, 6.45) is 4.84. The van der Waals surface area contributed by atoms with Crippen LogP contribution in [0.25, 0.3) is 0 Å². The first kappa shape index (κ1) is 10.4. The lowest BCUT2D eigenvalue weighted by atomic mass is 10.1. The molecule has 1 saturated carbocycles. The van der Waals surface area contributed by atoms with Gasteiger partial charge in [-0.3, -0.25) is 4.79 Å². The number of nitrogens with zero attached hydrogens (tertiary/aromatic N) is 1. The molecule has 3 unspecified atom stereocenters. The zero-order valence-electron chi connectivity index (χ0n) is 8.83. The standard InChI is InChI=1S/C11H17N3O/c12-6-8-2-1-3-10(8)13-7-9-4-5-11(15)14-9/h8-10,13H,1-5,7H2,(H,14,15). The van der Waals surface area contributed by atoms with Crippen LogP contribution >= 0.6 is 0 Å². The average Bonchev–Trinajstić information content (AvgIpc) is 2.83. The molecule has 1 heterocycles. The molecule has 1 aliphatic carbocycles. The Hall–Kier alpha value is -1.08. The van der Waals surface area contributed by atoms with Crippen LogP contribution in [0.15, 0.2) is 0 Å². The van der Waals surface area contributed by atoms with Crippen LogP contribution < -0.4 is 10.6 Å². The van der Waals surface area contributed by atoms with Gasteiger partial charge in [0, 0.05) is 25.0 Å². The second-order valence-corrected chi connectivity index (χ2v) is 4.48. The van der Waals surface area contributed by atoms with Crippen LogP contribution in [0.4, 0.5) is 0 Å². The van der Waals surface area contributed by atoms with Crippen molar-refractivity contribution in [2.24, 2.45) is 5.92 Å². The molecule has 82 valence electrons. The zero-order chi connectivity index (χ0) is 10.7. The Morgan fingerprint density at radius 1 is 1.47 bits per heavy atom. The van der Waals surface area contributed by atoms with E-state index in [1.807, 2.05) is 0 Å². The summed E-state index contributed by atoms with van der Waals surface area (Å²) in [6.45, 7) is 0.814. The first-order valence-electron chi connectivity index (χ1n) is 5.72. The van der Waals surface area contributed by atoms with Crippen molar-refractivity contribution in [1.29, 1.82) is 5.26 Å². The third-order valence-corrected chi connectivity index (χ3v) is 3.39. The van der Waals surface area contributed by atoms with Gasteiger partial charge in [-0.05, 0) is 19.3 Å². The average molecular weight is 207 g/mol. The first-order valence-corrected chi connectivity index (χ1v) is 5.72. The Morgan fingerprint density at radius 2 is 2.33 bits per heavy atom. The second kappa shape index (κ2) is 4.63. The summed E-state index contributed by atoms with van der Waals surface area (Å²) in [5.74, 6) is 0.326. The number of rotatable bonds is 3. The van der Waals surface area contributed by atoms with Crippen molar-refractivity contribution in [2.75, 3.05) is 6.54 Å². The molecule has 2 rings (SSSR count). The highest BCUT2D eigenvalue weighted by Gasteiger charge is 2.28. The van der Waals surface area contributed by atoms with Crippen LogP contribution in [-0.4, -0.2) is 24.5 Å². The lowest BCUT2D eigenvalue weighted by Gasteiger charge is -2.18. The molecule has 0 spiro atoms. The Bertz CT molecular complexity index is 284. The Morgan fingerprint density at radius 3 is 3.00 bits per heavy atom. The van der Waals surface area contributed by atoms with Crippen LogP contribution in [-0.2, 0) is 4.79 Å². The minimum Gasteiger partial charge on any atom is -0.352 e. The number of hydrogen-bond donors (Lipinski definition) is 2. The van der Waals surface area contributed by atoms with Gasteiger partial charge in [-0.25, -0.2) is 0 Å². The fourth-order valence-electron chi connectivity index (χ4n) is 2.48. The van der Waals surface area contributed by atoms with Crippen LogP contribution in [0, 0.1) is 17.2 Å². The van der Waals surface area contributed by atoms with Gasteiger partial charge in [0.15, 0.2) is 0 Å². The number of amides is 1. The molecule has 0 bridgehead atoms. The fourth-order valence-corrected chi connectivity index (χ4v) is 2.48. The van der Waals surface area contributed by atoms with Crippen LogP contribution in [0.5, 0.6) is 0 Å². The Balaban J connectivity index is 1.74. The zero-order valence-corrected chi connectivity index (χ0v) is 8.83. The van der Waals surface area contributed by atoms with Gasteiger partial charge in [-0.2, -0.15) is 5.26 Å². The lowest BCUT2D eigenvalue weighted by Crippen LogP contribution is -2.41. The third kappa shape index (κ3) is 2.48. The van der Waals surface area contributed by atoms with E-state index in [4.69, 9.17) is 5.26 Å². The molecule has 0 aromatic rings. The summed E-state index contributed by atoms with van der Waals surface area (Å²) in [4.78, 5) is 11.0. The largest absolute Gasteiger partial charge is 0.352 e. The summed E-state index contributed by atoms with van der Waals surface area (Å²) < 4.78 is 0. The van der Waals surface area contributed by atoms with Crippen molar-refractivity contribution in [3.63, 3.8) is 0 Å². The number of nitriles is 1. The molecule has 0 aromatic carbocycles. The van der Waals surface area contributed by atoms with Crippen molar-refractivity contribution in [1.82, 2.24) is 10.6 Å². The van der Waals surface area contributed by atoms with E-state index in [-0.39, 0.29) is 17.9 Å². The van der Waals surface area contributed by atoms with Crippen molar-refractivity contribution >= 4 is 5.91 Å². The summed E-state index contributed by atoms with van der Waals surface area (Å²) in [6, 6.07) is 2.96. The monoisotopic (exact) mass is 207 g/mol. The van der Waals surface area contributed by atoms with E-state index in [1.165, 1.54) is 0 Å². The molecule has 4 heteroatoms. The normalized spacial score (nSPS) is 35.1. The molecular formula is C11H17N3O.